The number of likely N-dealkylation sites (N-methyl/N-ethyl adjacent to an activating group) is 1. The molecule has 24 heavy (non-hydrogen) atoms. The lowest BCUT2D eigenvalue weighted by Gasteiger charge is -2.14. The average Bonchev–Trinajstić information content (AvgIpc) is 2.54. The molecule has 0 aromatic heterocycles. The minimum atomic E-state index is -3.67. The number of nitrogens with zero attached hydrogens (tertiary/aromatic N) is 1. The van der Waals surface area contributed by atoms with Crippen LogP contribution in [0.15, 0.2) is 64.5 Å². The van der Waals surface area contributed by atoms with Crippen molar-refractivity contribution in [3.63, 3.8) is 0 Å². The molecule has 0 atom stereocenters. The lowest BCUT2D eigenvalue weighted by atomic mass is 10.2. The Hall–Kier alpha value is -1.96. The van der Waals surface area contributed by atoms with Crippen molar-refractivity contribution < 1.29 is 13.2 Å². The van der Waals surface area contributed by atoms with Crippen molar-refractivity contribution in [3.05, 3.63) is 70.0 Å². The van der Waals surface area contributed by atoms with Gasteiger partial charge in [-0.1, -0.05) is 52.3 Å². The number of carbonyl (C=O) groups excluding carboxylic acids is 1. The summed E-state index contributed by atoms with van der Waals surface area (Å²) in [6.45, 7) is -0.270. The summed E-state index contributed by atoms with van der Waals surface area (Å²) in [4.78, 5) is 12.0. The number of halogens is 1. The number of nitrogens with one attached hydrogen (secondary N) is 1. The molecule has 1 N–H and O–H groups in total. The van der Waals surface area contributed by atoms with E-state index in [0.717, 1.165) is 19.7 Å². The van der Waals surface area contributed by atoms with Gasteiger partial charge in [-0.25, -0.2) is 8.42 Å². The zero-order valence-corrected chi connectivity index (χ0v) is 15.4. The van der Waals surface area contributed by atoms with Gasteiger partial charge in [0.2, 0.25) is 15.9 Å². The summed E-state index contributed by atoms with van der Waals surface area (Å²) in [5.41, 5.74) is 1.37. The summed E-state index contributed by atoms with van der Waals surface area (Å²) in [7, 11) is -2.31. The number of carbonyl (C=O) groups is 1. The van der Waals surface area contributed by atoms with Crippen LogP contribution in [-0.4, -0.2) is 32.2 Å². The van der Waals surface area contributed by atoms with Gasteiger partial charge in [0.15, 0.2) is 0 Å². The second kappa shape index (κ2) is 8.23. The smallest absolute Gasteiger partial charge is 0.239 e. The van der Waals surface area contributed by atoms with Gasteiger partial charge < -0.3 is 5.32 Å². The van der Waals surface area contributed by atoms with Gasteiger partial charge >= 0.3 is 0 Å². The Kier molecular flexibility index (Phi) is 6.30. The van der Waals surface area contributed by atoms with Crippen molar-refractivity contribution in [3.8, 4) is 0 Å². The minimum Gasteiger partial charge on any atom is -0.325 e. The molecule has 2 rings (SSSR count). The minimum absolute atomic E-state index is 0.270. The molecule has 1 amide bonds. The van der Waals surface area contributed by atoms with Crippen LogP contribution in [0.4, 0.5) is 5.69 Å². The van der Waals surface area contributed by atoms with Gasteiger partial charge in [-0.15, -0.1) is 0 Å². The first-order valence-electron chi connectivity index (χ1n) is 7.12. The molecule has 0 aliphatic carbocycles. The lowest BCUT2D eigenvalue weighted by molar-refractivity contribution is -0.116. The second-order valence-corrected chi connectivity index (χ2v) is 7.91. The number of hydrogen-bond donors (Lipinski definition) is 1. The molecule has 0 saturated carbocycles. The summed E-state index contributed by atoms with van der Waals surface area (Å²) in [6, 6.07) is 16.2. The largest absolute Gasteiger partial charge is 0.325 e. The van der Waals surface area contributed by atoms with E-state index >= 15 is 0 Å². The molecule has 2 aromatic carbocycles. The van der Waals surface area contributed by atoms with Crippen LogP contribution < -0.4 is 5.32 Å². The predicted octanol–water partition coefficient (Wildman–Crippen LogP) is 3.32. The van der Waals surface area contributed by atoms with E-state index in [-0.39, 0.29) is 6.54 Å². The fourth-order valence-electron chi connectivity index (χ4n) is 1.89. The summed E-state index contributed by atoms with van der Waals surface area (Å²) >= 11 is 3.31. The number of benzene rings is 2. The van der Waals surface area contributed by atoms with Crippen LogP contribution in [0.25, 0.3) is 6.08 Å². The molecule has 0 radical (unpaired) electrons. The summed E-state index contributed by atoms with van der Waals surface area (Å²) in [5, 5.41) is 3.75. The monoisotopic (exact) mass is 408 g/mol. The highest BCUT2D eigenvalue weighted by molar-refractivity contribution is 9.10. The molecular formula is C17H17BrN2O3S. The van der Waals surface area contributed by atoms with E-state index in [4.69, 9.17) is 0 Å². The van der Waals surface area contributed by atoms with Crippen LogP contribution in [0, 0.1) is 0 Å². The average molecular weight is 409 g/mol. The van der Waals surface area contributed by atoms with E-state index in [1.54, 1.807) is 30.3 Å². The van der Waals surface area contributed by atoms with Crippen LogP contribution in [0.2, 0.25) is 0 Å². The molecule has 0 saturated heterocycles. The molecule has 2 aromatic rings. The number of sulfonamides is 1. The fraction of sp³-hybridized carbons (Fsp3) is 0.118. The second-order valence-electron chi connectivity index (χ2n) is 5.07. The van der Waals surface area contributed by atoms with E-state index in [2.05, 4.69) is 21.2 Å². The molecule has 7 heteroatoms. The molecule has 0 bridgehead atoms. The zero-order chi connectivity index (χ0) is 17.6. The number of hydrogen-bond acceptors (Lipinski definition) is 3. The van der Waals surface area contributed by atoms with Crippen LogP contribution in [0.3, 0.4) is 0 Å². The molecule has 5 nitrogen and oxygen atoms in total. The Balaban J connectivity index is 1.98. The molecule has 0 aliphatic heterocycles. The molecule has 0 fully saturated rings. The molecule has 0 spiro atoms. The van der Waals surface area contributed by atoms with Crippen LogP contribution >= 0.6 is 15.9 Å². The maximum Gasteiger partial charge on any atom is 0.239 e. The number of amides is 1. The highest BCUT2D eigenvalue weighted by Crippen LogP contribution is 2.15. The van der Waals surface area contributed by atoms with Crippen molar-refractivity contribution in [2.45, 2.75) is 0 Å². The van der Waals surface area contributed by atoms with Crippen molar-refractivity contribution in [2.75, 3.05) is 18.9 Å². The van der Waals surface area contributed by atoms with Crippen LogP contribution in [-0.2, 0) is 14.8 Å². The lowest BCUT2D eigenvalue weighted by Crippen LogP contribution is -2.33. The third-order valence-corrected chi connectivity index (χ3v) is 5.11. The van der Waals surface area contributed by atoms with Crippen molar-refractivity contribution in [2.24, 2.45) is 0 Å². The SMILES string of the molecule is CN(CC(=O)Nc1cccc(Br)c1)S(=O)(=O)/C=C/c1ccccc1. The predicted molar refractivity (Wildman–Crippen MR) is 99.8 cm³/mol. The van der Waals surface area contributed by atoms with E-state index < -0.39 is 15.9 Å². The quantitative estimate of drug-likeness (QED) is 0.796. The van der Waals surface area contributed by atoms with E-state index in [1.807, 2.05) is 24.3 Å². The van der Waals surface area contributed by atoms with Gasteiger partial charge in [0.25, 0.3) is 0 Å². The van der Waals surface area contributed by atoms with Gasteiger partial charge in [0, 0.05) is 22.6 Å². The van der Waals surface area contributed by atoms with Gasteiger partial charge in [-0.05, 0) is 29.8 Å². The topological polar surface area (TPSA) is 66.5 Å². The van der Waals surface area contributed by atoms with Crippen molar-refractivity contribution in [1.29, 1.82) is 0 Å². The Bertz CT molecular complexity index is 836. The highest BCUT2D eigenvalue weighted by atomic mass is 79.9. The molecule has 126 valence electrons. The van der Waals surface area contributed by atoms with Crippen LogP contribution in [0.1, 0.15) is 5.56 Å². The van der Waals surface area contributed by atoms with E-state index in [9.17, 15) is 13.2 Å². The Labute approximate surface area is 150 Å². The standard InChI is InChI=1S/C17H17BrN2O3S/c1-20(13-17(21)19-16-9-5-8-15(18)12-16)24(22,23)11-10-14-6-3-2-4-7-14/h2-12H,13H2,1H3,(H,19,21)/b11-10+. The molecular weight excluding hydrogens is 392 g/mol. The summed E-state index contributed by atoms with van der Waals surface area (Å²) in [6.07, 6.45) is 1.50. The molecule has 0 aliphatic rings. The maximum absolute atomic E-state index is 12.2. The third kappa shape index (κ3) is 5.59. The van der Waals surface area contributed by atoms with Gasteiger partial charge in [0.1, 0.15) is 0 Å². The van der Waals surface area contributed by atoms with Crippen molar-refractivity contribution >= 4 is 43.6 Å². The van der Waals surface area contributed by atoms with Crippen LogP contribution in [0.5, 0.6) is 0 Å². The van der Waals surface area contributed by atoms with Crippen molar-refractivity contribution in [1.82, 2.24) is 4.31 Å². The summed E-state index contributed by atoms with van der Waals surface area (Å²) < 4.78 is 26.2. The Morgan fingerprint density at radius 3 is 2.54 bits per heavy atom. The Morgan fingerprint density at radius 2 is 1.88 bits per heavy atom. The highest BCUT2D eigenvalue weighted by Gasteiger charge is 2.17. The zero-order valence-electron chi connectivity index (χ0n) is 13.0. The van der Waals surface area contributed by atoms with Gasteiger partial charge in [0.05, 0.1) is 6.54 Å². The normalized spacial score (nSPS) is 11.8. The number of rotatable bonds is 6. The molecule has 0 heterocycles. The van der Waals surface area contributed by atoms with E-state index in [1.165, 1.54) is 13.1 Å². The maximum atomic E-state index is 12.2. The van der Waals surface area contributed by atoms with Gasteiger partial charge in [-0.3, -0.25) is 4.79 Å². The number of anilines is 1. The van der Waals surface area contributed by atoms with Gasteiger partial charge in [-0.2, -0.15) is 4.31 Å². The first-order chi connectivity index (χ1) is 11.4. The first-order valence-corrected chi connectivity index (χ1v) is 9.41. The molecule has 0 unspecified atom stereocenters. The Morgan fingerprint density at radius 1 is 1.17 bits per heavy atom. The fourth-order valence-corrected chi connectivity index (χ4v) is 3.12. The van der Waals surface area contributed by atoms with E-state index in [0.29, 0.717) is 5.69 Å². The third-order valence-electron chi connectivity index (χ3n) is 3.14. The first kappa shape index (κ1) is 18.4. The summed E-state index contributed by atoms with van der Waals surface area (Å²) in [5.74, 6) is -0.410.